The summed E-state index contributed by atoms with van der Waals surface area (Å²) in [4.78, 5) is 0. The van der Waals surface area contributed by atoms with E-state index in [0.717, 1.165) is 12.3 Å². The minimum atomic E-state index is -0.361. The van der Waals surface area contributed by atoms with Crippen LogP contribution in [0.5, 0.6) is 0 Å². The van der Waals surface area contributed by atoms with Crippen LogP contribution in [-0.2, 0) is 0 Å². The molecule has 6 atom stereocenters. The lowest BCUT2D eigenvalue weighted by Gasteiger charge is -2.66. The highest BCUT2D eigenvalue weighted by molar-refractivity contribution is 5.17. The van der Waals surface area contributed by atoms with Gasteiger partial charge in [-0.15, -0.1) is 6.58 Å². The zero-order valence-electron chi connectivity index (χ0n) is 15.5. The smallest absolute Gasteiger partial charge is 0.0774 e. The molecule has 0 aliphatic heterocycles. The van der Waals surface area contributed by atoms with Crippen LogP contribution in [0, 0.1) is 28.1 Å². The summed E-state index contributed by atoms with van der Waals surface area (Å²) in [5.41, 5.74) is 2.36. The normalized spacial score (nSPS) is 48.3. The third-order valence-corrected chi connectivity index (χ3v) is 8.48. The summed E-state index contributed by atoms with van der Waals surface area (Å²) in [5.74, 6) is 1.44. The van der Waals surface area contributed by atoms with Gasteiger partial charge in [0.2, 0.25) is 0 Å². The molecule has 3 aliphatic carbocycles. The monoisotopic (exact) mass is 316 g/mol. The van der Waals surface area contributed by atoms with Crippen molar-refractivity contribution in [2.75, 3.05) is 0 Å². The summed E-state index contributed by atoms with van der Waals surface area (Å²) in [6, 6.07) is 0. The van der Waals surface area contributed by atoms with Crippen molar-refractivity contribution in [2.24, 2.45) is 28.1 Å². The molecule has 130 valence electrons. The van der Waals surface area contributed by atoms with Crippen LogP contribution >= 0.6 is 0 Å². The second kappa shape index (κ2) is 5.76. The van der Waals surface area contributed by atoms with E-state index in [-0.39, 0.29) is 11.5 Å². The van der Waals surface area contributed by atoms with Gasteiger partial charge in [0, 0.05) is 5.41 Å². The van der Waals surface area contributed by atoms with E-state index in [1.165, 1.54) is 56.9 Å². The summed E-state index contributed by atoms with van der Waals surface area (Å²) < 4.78 is 0. The molecule has 0 aromatic carbocycles. The summed E-state index contributed by atoms with van der Waals surface area (Å²) in [6.45, 7) is 15.5. The molecule has 3 saturated carbocycles. The molecular formula is C22H36O. The van der Waals surface area contributed by atoms with E-state index >= 15 is 0 Å². The second-order valence-corrected chi connectivity index (χ2v) is 9.37. The van der Waals surface area contributed by atoms with Crippen molar-refractivity contribution in [3.63, 3.8) is 0 Å². The Balaban J connectivity index is 2.00. The van der Waals surface area contributed by atoms with Gasteiger partial charge in [-0.1, -0.05) is 45.4 Å². The number of hydrogen-bond acceptors (Lipinski definition) is 1. The maximum absolute atomic E-state index is 10.7. The predicted molar refractivity (Wildman–Crippen MR) is 98.2 cm³/mol. The lowest BCUT2D eigenvalue weighted by molar-refractivity contribution is -0.169. The van der Waals surface area contributed by atoms with Gasteiger partial charge in [0.05, 0.1) is 6.10 Å². The molecular weight excluding hydrogens is 280 g/mol. The van der Waals surface area contributed by atoms with Gasteiger partial charge in [-0.05, 0) is 74.0 Å². The van der Waals surface area contributed by atoms with Gasteiger partial charge in [0.25, 0.3) is 0 Å². The van der Waals surface area contributed by atoms with Crippen LogP contribution in [0.3, 0.4) is 0 Å². The first-order valence-electron chi connectivity index (χ1n) is 9.80. The molecule has 0 aromatic rings. The highest BCUT2D eigenvalue weighted by Gasteiger charge is 2.61. The number of hydrogen-bond donors (Lipinski definition) is 1. The zero-order chi connectivity index (χ0) is 16.9. The quantitative estimate of drug-likeness (QED) is 0.643. The van der Waals surface area contributed by atoms with E-state index in [9.17, 15) is 5.11 Å². The van der Waals surface area contributed by atoms with Crippen molar-refractivity contribution in [2.45, 2.75) is 84.7 Å². The number of aliphatic hydroxyl groups is 1. The molecule has 1 nitrogen and oxygen atoms in total. The molecule has 3 unspecified atom stereocenters. The van der Waals surface area contributed by atoms with E-state index in [1.807, 2.05) is 0 Å². The number of rotatable bonds is 3. The van der Waals surface area contributed by atoms with E-state index < -0.39 is 0 Å². The molecule has 0 amide bonds. The average Bonchev–Trinajstić information content (AvgIpc) is 2.53. The SMILES string of the molecule is C=CC(O)[C@]1(C)CCC[C@@]2(C)C3CCC(=C)C[C@@]3(CC)CCC12. The largest absolute Gasteiger partial charge is 0.388 e. The van der Waals surface area contributed by atoms with E-state index in [0.29, 0.717) is 16.7 Å². The Kier molecular flexibility index (Phi) is 4.32. The van der Waals surface area contributed by atoms with Gasteiger partial charge in [-0.25, -0.2) is 0 Å². The highest BCUT2D eigenvalue weighted by atomic mass is 16.3. The van der Waals surface area contributed by atoms with Crippen molar-refractivity contribution in [3.05, 3.63) is 24.8 Å². The Morgan fingerprint density at radius 3 is 2.61 bits per heavy atom. The van der Waals surface area contributed by atoms with Gasteiger partial charge in [-0.3, -0.25) is 0 Å². The molecule has 0 bridgehead atoms. The Bertz CT molecular complexity index is 488. The standard InChI is InChI=1S/C22H36O/c1-6-19(23)21(5)13-8-12-20(4)17(21)11-14-22(7-2)15-16(3)9-10-18(20)22/h6,17-19,23H,1,3,7-15H2,2,4-5H3/t17?,18?,19?,20-,21-,22-/m1/s1. The Hall–Kier alpha value is -0.560. The summed E-state index contributed by atoms with van der Waals surface area (Å²) in [5, 5.41) is 10.7. The summed E-state index contributed by atoms with van der Waals surface area (Å²) in [7, 11) is 0. The fraction of sp³-hybridized carbons (Fsp3) is 0.818. The van der Waals surface area contributed by atoms with Gasteiger partial charge in [-0.2, -0.15) is 0 Å². The van der Waals surface area contributed by atoms with Crippen molar-refractivity contribution < 1.29 is 5.11 Å². The molecule has 0 heterocycles. The fourth-order valence-electron chi connectivity index (χ4n) is 7.29. The summed E-state index contributed by atoms with van der Waals surface area (Å²) in [6.07, 6.45) is 12.9. The second-order valence-electron chi connectivity index (χ2n) is 9.37. The molecule has 3 fully saturated rings. The topological polar surface area (TPSA) is 20.2 Å². The first-order valence-corrected chi connectivity index (χ1v) is 9.80. The van der Waals surface area contributed by atoms with E-state index in [2.05, 4.69) is 33.9 Å². The van der Waals surface area contributed by atoms with Crippen LogP contribution in [0.25, 0.3) is 0 Å². The molecule has 0 radical (unpaired) electrons. The molecule has 3 aliphatic rings. The summed E-state index contributed by atoms with van der Waals surface area (Å²) >= 11 is 0. The minimum absolute atomic E-state index is 0.0170. The van der Waals surface area contributed by atoms with Crippen molar-refractivity contribution in [3.8, 4) is 0 Å². The minimum Gasteiger partial charge on any atom is -0.388 e. The van der Waals surface area contributed by atoms with Crippen LogP contribution < -0.4 is 0 Å². The molecule has 3 rings (SSSR count). The Labute approximate surface area is 143 Å². The molecule has 23 heavy (non-hydrogen) atoms. The van der Waals surface area contributed by atoms with Crippen LogP contribution in [0.2, 0.25) is 0 Å². The lowest BCUT2D eigenvalue weighted by atomic mass is 9.39. The van der Waals surface area contributed by atoms with Gasteiger partial charge in [0.15, 0.2) is 0 Å². The van der Waals surface area contributed by atoms with Crippen LogP contribution in [0.1, 0.15) is 78.6 Å². The Morgan fingerprint density at radius 2 is 1.96 bits per heavy atom. The predicted octanol–water partition coefficient (Wildman–Crippen LogP) is 5.89. The highest BCUT2D eigenvalue weighted by Crippen LogP contribution is 2.69. The fourth-order valence-corrected chi connectivity index (χ4v) is 7.29. The van der Waals surface area contributed by atoms with Gasteiger partial charge in [0.1, 0.15) is 0 Å². The van der Waals surface area contributed by atoms with E-state index in [4.69, 9.17) is 0 Å². The maximum atomic E-state index is 10.7. The Morgan fingerprint density at radius 1 is 1.22 bits per heavy atom. The third kappa shape index (κ3) is 2.37. The first kappa shape index (κ1) is 17.3. The van der Waals surface area contributed by atoms with Crippen molar-refractivity contribution in [1.29, 1.82) is 0 Å². The number of fused-ring (bicyclic) bond motifs is 3. The molecule has 0 spiro atoms. The van der Waals surface area contributed by atoms with Gasteiger partial charge < -0.3 is 5.11 Å². The van der Waals surface area contributed by atoms with Crippen LogP contribution in [0.15, 0.2) is 24.8 Å². The van der Waals surface area contributed by atoms with Crippen molar-refractivity contribution in [1.82, 2.24) is 0 Å². The number of allylic oxidation sites excluding steroid dienone is 1. The molecule has 1 N–H and O–H groups in total. The lowest BCUT2D eigenvalue weighted by Crippen LogP contribution is -2.59. The maximum Gasteiger partial charge on any atom is 0.0774 e. The van der Waals surface area contributed by atoms with Crippen molar-refractivity contribution >= 4 is 0 Å². The van der Waals surface area contributed by atoms with Crippen LogP contribution in [0.4, 0.5) is 0 Å². The third-order valence-electron chi connectivity index (χ3n) is 8.48. The number of aliphatic hydroxyl groups excluding tert-OH is 1. The van der Waals surface area contributed by atoms with E-state index in [1.54, 1.807) is 6.08 Å². The average molecular weight is 317 g/mol. The molecule has 0 saturated heterocycles. The first-order chi connectivity index (χ1) is 10.8. The molecule has 1 heteroatoms. The van der Waals surface area contributed by atoms with Gasteiger partial charge >= 0.3 is 0 Å². The molecule has 0 aromatic heterocycles. The zero-order valence-corrected chi connectivity index (χ0v) is 15.5. The van der Waals surface area contributed by atoms with Crippen LogP contribution in [-0.4, -0.2) is 11.2 Å².